The van der Waals surface area contributed by atoms with Gasteiger partial charge in [-0.15, -0.1) is 11.3 Å². The number of benzene rings is 1. The maximum atomic E-state index is 11.0. The SMILES string of the molecule is CCCNc1cc(NCCc2cccs2)cc([N+](=O)[O-])c1. The van der Waals surface area contributed by atoms with Gasteiger partial charge in [-0.3, -0.25) is 10.1 Å². The first kappa shape index (κ1) is 15.3. The Morgan fingerprint density at radius 3 is 2.48 bits per heavy atom. The first-order valence-electron chi connectivity index (χ1n) is 6.98. The van der Waals surface area contributed by atoms with Gasteiger partial charge >= 0.3 is 0 Å². The summed E-state index contributed by atoms with van der Waals surface area (Å²) in [5.74, 6) is 0. The molecule has 0 aliphatic carbocycles. The zero-order valence-corrected chi connectivity index (χ0v) is 12.8. The number of thiophene rings is 1. The number of nitro benzene ring substituents is 1. The van der Waals surface area contributed by atoms with Crippen LogP contribution >= 0.6 is 11.3 Å². The van der Waals surface area contributed by atoms with E-state index in [2.05, 4.69) is 29.0 Å². The van der Waals surface area contributed by atoms with Crippen LogP contribution in [0.25, 0.3) is 0 Å². The second-order valence-electron chi connectivity index (χ2n) is 4.71. The molecule has 2 aromatic rings. The van der Waals surface area contributed by atoms with Crippen molar-refractivity contribution in [3.05, 3.63) is 50.7 Å². The van der Waals surface area contributed by atoms with E-state index < -0.39 is 0 Å². The van der Waals surface area contributed by atoms with Crippen molar-refractivity contribution in [3.8, 4) is 0 Å². The molecule has 112 valence electrons. The summed E-state index contributed by atoms with van der Waals surface area (Å²) in [6.07, 6.45) is 1.89. The Bertz CT molecular complexity index is 585. The van der Waals surface area contributed by atoms with E-state index in [1.807, 2.05) is 12.1 Å². The Morgan fingerprint density at radius 2 is 1.90 bits per heavy atom. The molecule has 0 saturated carbocycles. The maximum Gasteiger partial charge on any atom is 0.273 e. The van der Waals surface area contributed by atoms with Crippen LogP contribution in [0.3, 0.4) is 0 Å². The Balaban J connectivity index is 2.02. The van der Waals surface area contributed by atoms with Gasteiger partial charge in [0.05, 0.1) is 4.92 Å². The molecule has 0 aliphatic heterocycles. The zero-order chi connectivity index (χ0) is 15.1. The fourth-order valence-electron chi connectivity index (χ4n) is 1.97. The van der Waals surface area contributed by atoms with Crippen LogP contribution in [-0.4, -0.2) is 18.0 Å². The van der Waals surface area contributed by atoms with Crippen LogP contribution in [0.1, 0.15) is 18.2 Å². The highest BCUT2D eigenvalue weighted by molar-refractivity contribution is 7.09. The first-order chi connectivity index (χ1) is 10.2. The summed E-state index contributed by atoms with van der Waals surface area (Å²) in [4.78, 5) is 11.9. The van der Waals surface area contributed by atoms with E-state index >= 15 is 0 Å². The third-order valence-electron chi connectivity index (χ3n) is 2.99. The molecule has 1 aromatic carbocycles. The van der Waals surface area contributed by atoms with Gasteiger partial charge in [-0.2, -0.15) is 0 Å². The molecule has 0 amide bonds. The summed E-state index contributed by atoms with van der Waals surface area (Å²) in [5.41, 5.74) is 1.67. The summed E-state index contributed by atoms with van der Waals surface area (Å²) >= 11 is 1.72. The van der Waals surface area contributed by atoms with E-state index in [1.54, 1.807) is 23.5 Å². The van der Waals surface area contributed by atoms with Crippen LogP contribution in [0, 0.1) is 10.1 Å². The number of rotatable bonds is 8. The van der Waals surface area contributed by atoms with Gasteiger partial charge in [0.2, 0.25) is 0 Å². The summed E-state index contributed by atoms with van der Waals surface area (Å²) < 4.78 is 0. The standard InChI is InChI=1S/C15H19N3O2S/c1-2-6-16-12-9-13(11-14(10-12)18(19)20)17-7-5-15-4-3-8-21-15/h3-4,8-11,16-17H,2,5-7H2,1H3. The summed E-state index contributed by atoms with van der Waals surface area (Å²) in [6.45, 7) is 3.62. The lowest BCUT2D eigenvalue weighted by atomic mass is 10.2. The number of nitrogens with zero attached hydrogens (tertiary/aromatic N) is 1. The Hall–Kier alpha value is -2.08. The molecule has 0 bridgehead atoms. The quantitative estimate of drug-likeness (QED) is 0.568. The number of hydrogen-bond donors (Lipinski definition) is 2. The van der Waals surface area contributed by atoms with Gasteiger partial charge in [0.25, 0.3) is 5.69 Å². The van der Waals surface area contributed by atoms with E-state index in [0.29, 0.717) is 0 Å². The molecule has 0 spiro atoms. The van der Waals surface area contributed by atoms with E-state index in [9.17, 15) is 10.1 Å². The largest absolute Gasteiger partial charge is 0.385 e. The van der Waals surface area contributed by atoms with E-state index in [1.165, 1.54) is 4.88 Å². The molecule has 2 rings (SSSR count). The number of hydrogen-bond acceptors (Lipinski definition) is 5. The molecule has 0 saturated heterocycles. The van der Waals surface area contributed by atoms with Crippen LogP contribution < -0.4 is 10.6 Å². The molecule has 1 heterocycles. The van der Waals surface area contributed by atoms with Gasteiger partial charge in [-0.1, -0.05) is 13.0 Å². The minimum absolute atomic E-state index is 0.106. The van der Waals surface area contributed by atoms with Crippen LogP contribution in [0.15, 0.2) is 35.7 Å². The van der Waals surface area contributed by atoms with Crippen molar-refractivity contribution >= 4 is 28.4 Å². The van der Waals surface area contributed by atoms with E-state index in [-0.39, 0.29) is 10.6 Å². The number of nitrogens with one attached hydrogen (secondary N) is 2. The molecule has 6 heteroatoms. The molecular formula is C15H19N3O2S. The summed E-state index contributed by atoms with van der Waals surface area (Å²) in [5, 5.41) is 19.5. The number of non-ortho nitro benzene ring substituents is 1. The second kappa shape index (κ2) is 7.64. The fourth-order valence-corrected chi connectivity index (χ4v) is 2.68. The fraction of sp³-hybridized carbons (Fsp3) is 0.333. The normalized spacial score (nSPS) is 10.3. The zero-order valence-electron chi connectivity index (χ0n) is 12.0. The van der Waals surface area contributed by atoms with Gasteiger partial charge in [0.1, 0.15) is 0 Å². The lowest BCUT2D eigenvalue weighted by Gasteiger charge is -2.10. The van der Waals surface area contributed by atoms with Crippen LogP contribution in [0.5, 0.6) is 0 Å². The molecule has 0 unspecified atom stereocenters. The number of anilines is 2. The van der Waals surface area contributed by atoms with Gasteiger partial charge in [-0.25, -0.2) is 0 Å². The third-order valence-corrected chi connectivity index (χ3v) is 3.92. The lowest BCUT2D eigenvalue weighted by Crippen LogP contribution is -2.06. The van der Waals surface area contributed by atoms with Gasteiger partial charge in [-0.05, 0) is 30.4 Å². The molecule has 5 nitrogen and oxygen atoms in total. The first-order valence-corrected chi connectivity index (χ1v) is 7.86. The summed E-state index contributed by atoms with van der Waals surface area (Å²) in [7, 11) is 0. The predicted molar refractivity (Wildman–Crippen MR) is 88.4 cm³/mol. The van der Waals surface area contributed by atoms with Crippen LogP contribution in [0.4, 0.5) is 17.1 Å². The molecule has 1 aromatic heterocycles. The van der Waals surface area contributed by atoms with Gasteiger partial charge in [0.15, 0.2) is 0 Å². The molecule has 2 N–H and O–H groups in total. The minimum atomic E-state index is -0.360. The highest BCUT2D eigenvalue weighted by atomic mass is 32.1. The van der Waals surface area contributed by atoms with Crippen molar-refractivity contribution in [3.63, 3.8) is 0 Å². The second-order valence-corrected chi connectivity index (χ2v) is 5.74. The van der Waals surface area contributed by atoms with Gasteiger partial charge in [0, 0.05) is 41.5 Å². The lowest BCUT2D eigenvalue weighted by molar-refractivity contribution is -0.384. The van der Waals surface area contributed by atoms with Crippen molar-refractivity contribution in [1.29, 1.82) is 0 Å². The summed E-state index contributed by atoms with van der Waals surface area (Å²) in [6, 6.07) is 9.18. The minimum Gasteiger partial charge on any atom is -0.385 e. The smallest absolute Gasteiger partial charge is 0.273 e. The Kier molecular flexibility index (Phi) is 5.57. The van der Waals surface area contributed by atoms with E-state index in [4.69, 9.17) is 0 Å². The average molecular weight is 305 g/mol. The molecule has 21 heavy (non-hydrogen) atoms. The van der Waals surface area contributed by atoms with E-state index in [0.717, 1.165) is 37.3 Å². The topological polar surface area (TPSA) is 67.2 Å². The Labute approximate surface area is 128 Å². The van der Waals surface area contributed by atoms with Crippen LogP contribution in [-0.2, 0) is 6.42 Å². The monoisotopic (exact) mass is 305 g/mol. The van der Waals surface area contributed by atoms with Crippen LogP contribution in [0.2, 0.25) is 0 Å². The van der Waals surface area contributed by atoms with Crippen molar-refractivity contribution < 1.29 is 4.92 Å². The van der Waals surface area contributed by atoms with Crippen molar-refractivity contribution in [2.75, 3.05) is 23.7 Å². The molecule has 0 atom stereocenters. The van der Waals surface area contributed by atoms with Crippen molar-refractivity contribution in [1.82, 2.24) is 0 Å². The molecular weight excluding hydrogens is 286 g/mol. The maximum absolute atomic E-state index is 11.0. The number of nitro groups is 1. The molecule has 0 fully saturated rings. The average Bonchev–Trinajstić information content (AvgIpc) is 2.98. The van der Waals surface area contributed by atoms with Gasteiger partial charge < -0.3 is 10.6 Å². The predicted octanol–water partition coefficient (Wildman–Crippen LogP) is 4.13. The highest BCUT2D eigenvalue weighted by Gasteiger charge is 2.09. The third kappa shape index (κ3) is 4.75. The van der Waals surface area contributed by atoms with Crippen molar-refractivity contribution in [2.24, 2.45) is 0 Å². The molecule has 0 aliphatic rings. The van der Waals surface area contributed by atoms with Crippen molar-refractivity contribution in [2.45, 2.75) is 19.8 Å². The Morgan fingerprint density at radius 1 is 1.19 bits per heavy atom. The highest BCUT2D eigenvalue weighted by Crippen LogP contribution is 2.24. The molecule has 0 radical (unpaired) electrons.